The minimum Gasteiger partial charge on any atom is -0.444 e. The van der Waals surface area contributed by atoms with Gasteiger partial charge in [0.15, 0.2) is 5.69 Å². The fourth-order valence-electron chi connectivity index (χ4n) is 6.30. The third-order valence-electron chi connectivity index (χ3n) is 8.67. The maximum Gasteiger partial charge on any atom is 0.410 e. The molecule has 1 aromatic carbocycles. The number of carbonyl (C=O) groups is 2. The molecule has 2 aliphatic heterocycles. The van der Waals surface area contributed by atoms with E-state index in [1.165, 1.54) is 12.8 Å². The zero-order valence-electron chi connectivity index (χ0n) is 26.0. The van der Waals surface area contributed by atoms with Crippen LogP contribution in [0.2, 0.25) is 0 Å². The van der Waals surface area contributed by atoms with Gasteiger partial charge in [-0.05, 0) is 77.1 Å². The van der Waals surface area contributed by atoms with E-state index in [0.717, 1.165) is 42.8 Å². The Morgan fingerprint density at radius 1 is 1.05 bits per heavy atom. The van der Waals surface area contributed by atoms with Crippen molar-refractivity contribution >= 4 is 17.6 Å². The van der Waals surface area contributed by atoms with Gasteiger partial charge in [-0.1, -0.05) is 61.9 Å². The highest BCUT2D eigenvalue weighted by molar-refractivity contribution is 5.98. The third kappa shape index (κ3) is 7.14. The molecule has 2 amide bonds. The van der Waals surface area contributed by atoms with Crippen molar-refractivity contribution < 1.29 is 14.3 Å². The van der Waals surface area contributed by atoms with Crippen LogP contribution in [0.1, 0.15) is 75.1 Å². The van der Waals surface area contributed by atoms with Crippen molar-refractivity contribution in [2.45, 2.75) is 84.0 Å². The average molecular weight is 574 g/mol. The number of hydrogen-bond donors (Lipinski definition) is 0. The first kappa shape index (κ1) is 30.1. The van der Waals surface area contributed by atoms with E-state index in [2.05, 4.69) is 53.8 Å². The number of carbonyl (C=O) groups excluding carboxylic acids is 2. The fourth-order valence-corrected chi connectivity index (χ4v) is 6.30. The van der Waals surface area contributed by atoms with Gasteiger partial charge in [-0.2, -0.15) is 0 Å². The van der Waals surface area contributed by atoms with E-state index in [1.54, 1.807) is 4.90 Å². The highest BCUT2D eigenvalue weighted by Crippen LogP contribution is 2.30. The average Bonchev–Trinajstić information content (AvgIpc) is 3.37. The molecule has 42 heavy (non-hydrogen) atoms. The van der Waals surface area contributed by atoms with Crippen LogP contribution >= 0.6 is 0 Å². The molecular weight excluding hydrogens is 526 g/mol. The highest BCUT2D eigenvalue weighted by Gasteiger charge is 2.37. The minimum absolute atomic E-state index is 0.0709. The lowest BCUT2D eigenvalue weighted by Gasteiger charge is -2.41. The van der Waals surface area contributed by atoms with E-state index in [-0.39, 0.29) is 18.0 Å². The van der Waals surface area contributed by atoms with Crippen LogP contribution in [0, 0.1) is 5.92 Å². The van der Waals surface area contributed by atoms with E-state index in [1.807, 2.05) is 50.2 Å². The molecule has 3 atom stereocenters. The smallest absolute Gasteiger partial charge is 0.410 e. The third-order valence-corrected chi connectivity index (χ3v) is 8.67. The number of amides is 2. The summed E-state index contributed by atoms with van der Waals surface area (Å²) >= 11 is 0. The summed E-state index contributed by atoms with van der Waals surface area (Å²) in [5, 5.41) is 0. The van der Waals surface area contributed by atoms with Gasteiger partial charge in [0.25, 0.3) is 5.91 Å². The quantitative estimate of drug-likeness (QED) is 0.447. The van der Waals surface area contributed by atoms with Crippen molar-refractivity contribution in [3.63, 3.8) is 0 Å². The molecule has 8 heteroatoms. The maximum absolute atomic E-state index is 14.5. The van der Waals surface area contributed by atoms with E-state index < -0.39 is 5.60 Å². The molecule has 8 nitrogen and oxygen atoms in total. The predicted molar refractivity (Wildman–Crippen MR) is 166 cm³/mol. The van der Waals surface area contributed by atoms with Gasteiger partial charge in [0.2, 0.25) is 0 Å². The molecule has 226 valence electrons. The first-order valence-electron chi connectivity index (χ1n) is 15.6. The number of hydrogen-bond acceptors (Lipinski definition) is 5. The molecule has 2 saturated heterocycles. The Bertz CT molecular complexity index is 1310. The summed E-state index contributed by atoms with van der Waals surface area (Å²) in [6.45, 7) is 11.0. The van der Waals surface area contributed by atoms with Gasteiger partial charge in [-0.3, -0.25) is 4.79 Å². The number of likely N-dealkylation sites (N-methyl/N-ethyl adjacent to an activating group) is 1. The number of piperidine rings is 1. The lowest BCUT2D eigenvalue weighted by Crippen LogP contribution is -2.58. The van der Waals surface area contributed by atoms with Crippen molar-refractivity contribution in [1.29, 1.82) is 0 Å². The summed E-state index contributed by atoms with van der Waals surface area (Å²) in [4.78, 5) is 38.4. The molecule has 5 rings (SSSR count). The topological polar surface area (TPSA) is 70.9 Å². The van der Waals surface area contributed by atoms with Crippen molar-refractivity contribution in [3.05, 3.63) is 71.8 Å². The monoisotopic (exact) mass is 573 g/mol. The molecule has 2 aromatic rings. The Morgan fingerprint density at radius 3 is 2.52 bits per heavy atom. The van der Waals surface area contributed by atoms with Gasteiger partial charge in [0.1, 0.15) is 5.60 Å². The van der Waals surface area contributed by atoms with Crippen LogP contribution < -0.4 is 0 Å². The Hall–Kier alpha value is -3.39. The number of likely N-dealkylation sites (tertiary alicyclic amines) is 1. The van der Waals surface area contributed by atoms with Gasteiger partial charge < -0.3 is 24.0 Å². The molecule has 0 N–H and O–H groups in total. The standard InChI is InChI=1S/C34H47N5O3/c1-25-14-16-27(17-15-25)31-30(35-24-38(31)22-28-13-9-10-18-36(28)5)32(40)39-20-19-37(33(41)42-34(2,3)4)23-29(39)21-26-11-7-6-8-12-26/h6-8,11-12,14,16-17,24-25,28-29H,9-10,13,15,18-23H2,1-5H3/t25?,28?,29-/m1/s1. The normalized spacial score (nSPS) is 23.5. The maximum atomic E-state index is 14.5. The Balaban J connectivity index is 1.45. The summed E-state index contributed by atoms with van der Waals surface area (Å²) in [6, 6.07) is 10.4. The van der Waals surface area contributed by atoms with Crippen molar-refractivity contribution in [2.75, 3.05) is 33.2 Å². The zero-order chi connectivity index (χ0) is 29.9. The van der Waals surface area contributed by atoms with Gasteiger partial charge in [-0.15, -0.1) is 0 Å². The number of allylic oxidation sites excluding steroid dienone is 4. The van der Waals surface area contributed by atoms with Gasteiger partial charge in [-0.25, -0.2) is 9.78 Å². The number of imidazole rings is 1. The number of piperazine rings is 1. The molecule has 3 aliphatic rings. The first-order chi connectivity index (χ1) is 20.1. The Kier molecular flexibility index (Phi) is 9.21. The van der Waals surface area contributed by atoms with E-state index >= 15 is 0 Å². The molecule has 0 spiro atoms. The summed E-state index contributed by atoms with van der Waals surface area (Å²) in [5.74, 6) is 0.406. The van der Waals surface area contributed by atoms with Gasteiger partial charge in [0.05, 0.1) is 18.1 Å². The lowest BCUT2D eigenvalue weighted by molar-refractivity contribution is 0.00426. The SMILES string of the molecule is CC1C=CC(c2c(C(=O)N3CCN(C(=O)OC(C)(C)C)C[C@H]3Cc3ccccc3)ncn2CC2CCCCN2C)=CC1. The van der Waals surface area contributed by atoms with Crippen LogP contribution in [0.5, 0.6) is 0 Å². The molecule has 0 saturated carbocycles. The zero-order valence-corrected chi connectivity index (χ0v) is 26.0. The summed E-state index contributed by atoms with van der Waals surface area (Å²) in [7, 11) is 2.20. The molecule has 1 aromatic heterocycles. The van der Waals surface area contributed by atoms with Crippen LogP contribution in [-0.2, 0) is 17.7 Å². The minimum atomic E-state index is -0.578. The molecule has 3 heterocycles. The summed E-state index contributed by atoms with van der Waals surface area (Å²) < 4.78 is 7.90. The lowest BCUT2D eigenvalue weighted by atomic mass is 9.95. The van der Waals surface area contributed by atoms with E-state index in [9.17, 15) is 9.59 Å². The van der Waals surface area contributed by atoms with Crippen LogP contribution in [0.25, 0.3) is 5.57 Å². The van der Waals surface area contributed by atoms with Crippen LogP contribution in [0.3, 0.4) is 0 Å². The molecule has 0 radical (unpaired) electrons. The summed E-state index contributed by atoms with van der Waals surface area (Å²) in [6.07, 6.45) is 13.4. The Morgan fingerprint density at radius 2 is 1.83 bits per heavy atom. The van der Waals surface area contributed by atoms with E-state index in [4.69, 9.17) is 9.72 Å². The summed E-state index contributed by atoms with van der Waals surface area (Å²) in [5.41, 5.74) is 3.04. The van der Waals surface area contributed by atoms with Crippen LogP contribution in [-0.4, -0.2) is 87.2 Å². The van der Waals surface area contributed by atoms with Crippen LogP contribution in [0.4, 0.5) is 4.79 Å². The second kappa shape index (κ2) is 12.9. The molecule has 2 unspecified atom stereocenters. The van der Waals surface area contributed by atoms with Gasteiger partial charge in [0, 0.05) is 32.2 Å². The fraction of sp³-hybridized carbons (Fsp3) is 0.559. The highest BCUT2D eigenvalue weighted by atomic mass is 16.6. The largest absolute Gasteiger partial charge is 0.444 e. The number of aromatic nitrogens is 2. The molecule has 0 bridgehead atoms. The Labute approximate surface area is 251 Å². The second-order valence-electron chi connectivity index (χ2n) is 13.2. The number of ether oxygens (including phenoxy) is 1. The molecule has 2 fully saturated rings. The molecule has 1 aliphatic carbocycles. The van der Waals surface area contributed by atoms with Crippen molar-refractivity contribution in [1.82, 2.24) is 24.3 Å². The van der Waals surface area contributed by atoms with Crippen molar-refractivity contribution in [2.24, 2.45) is 5.92 Å². The number of nitrogens with zero attached hydrogens (tertiary/aromatic N) is 5. The molecular formula is C34H47N5O3. The number of benzene rings is 1. The van der Waals surface area contributed by atoms with Gasteiger partial charge >= 0.3 is 6.09 Å². The number of rotatable bonds is 6. The predicted octanol–water partition coefficient (Wildman–Crippen LogP) is 5.65. The van der Waals surface area contributed by atoms with E-state index in [0.29, 0.717) is 43.7 Å². The first-order valence-corrected chi connectivity index (χ1v) is 15.6. The van der Waals surface area contributed by atoms with Crippen LogP contribution in [0.15, 0.2) is 54.9 Å². The second-order valence-corrected chi connectivity index (χ2v) is 13.2. The van der Waals surface area contributed by atoms with Crippen molar-refractivity contribution in [3.8, 4) is 0 Å².